The number of rotatable bonds is 3. The van der Waals surface area contributed by atoms with Gasteiger partial charge in [-0.2, -0.15) is 0 Å². The number of aromatic nitrogens is 1. The van der Waals surface area contributed by atoms with Crippen LogP contribution in [-0.2, 0) is 6.54 Å². The summed E-state index contributed by atoms with van der Waals surface area (Å²) in [4.78, 5) is 19.9. The van der Waals surface area contributed by atoms with Gasteiger partial charge in [-0.15, -0.1) is 11.3 Å². The Morgan fingerprint density at radius 2 is 2.00 bits per heavy atom. The summed E-state index contributed by atoms with van der Waals surface area (Å²) in [5, 5.41) is 3.10. The van der Waals surface area contributed by atoms with Crippen molar-refractivity contribution < 1.29 is 4.79 Å². The third-order valence-corrected chi connectivity index (χ3v) is 4.52. The molecule has 0 N–H and O–H groups in total. The fourth-order valence-corrected chi connectivity index (χ4v) is 3.19. The number of thiophene rings is 1. The van der Waals surface area contributed by atoms with Gasteiger partial charge in [0.25, 0.3) is 5.91 Å². The number of carbonyl (C=O) groups is 1. The van der Waals surface area contributed by atoms with Crippen LogP contribution in [0.4, 0.5) is 0 Å². The lowest BCUT2D eigenvalue weighted by molar-refractivity contribution is 0.0781. The Kier molecular flexibility index (Phi) is 3.71. The van der Waals surface area contributed by atoms with Crippen molar-refractivity contribution in [3.05, 3.63) is 64.0 Å². The van der Waals surface area contributed by atoms with E-state index < -0.39 is 0 Å². The molecule has 21 heavy (non-hydrogen) atoms. The number of nitrogens with zero attached hydrogens (tertiary/aromatic N) is 2. The summed E-state index contributed by atoms with van der Waals surface area (Å²) in [5.41, 5.74) is 2.57. The van der Waals surface area contributed by atoms with E-state index in [1.165, 1.54) is 10.4 Å². The summed E-state index contributed by atoms with van der Waals surface area (Å²) < 4.78 is 0. The molecular weight excluding hydrogens is 280 g/mol. The van der Waals surface area contributed by atoms with Gasteiger partial charge in [0.15, 0.2) is 0 Å². The first-order valence-corrected chi connectivity index (χ1v) is 7.67. The monoisotopic (exact) mass is 296 g/mol. The minimum Gasteiger partial charge on any atom is -0.335 e. The third-order valence-electron chi connectivity index (χ3n) is 3.51. The van der Waals surface area contributed by atoms with E-state index in [-0.39, 0.29) is 5.91 Å². The van der Waals surface area contributed by atoms with Crippen molar-refractivity contribution in [3.8, 4) is 0 Å². The van der Waals surface area contributed by atoms with Crippen LogP contribution < -0.4 is 0 Å². The number of fused-ring (bicyclic) bond motifs is 1. The van der Waals surface area contributed by atoms with Gasteiger partial charge in [0, 0.05) is 17.3 Å². The summed E-state index contributed by atoms with van der Waals surface area (Å²) in [7, 11) is 1.82. The molecular formula is C17H16N2OS. The number of aryl methyl sites for hydroxylation is 1. The number of amides is 1. The molecule has 3 rings (SSSR count). The van der Waals surface area contributed by atoms with Crippen molar-refractivity contribution in [1.29, 1.82) is 0 Å². The minimum atomic E-state index is -0.0476. The molecule has 0 aliphatic heterocycles. The molecule has 0 fully saturated rings. The Hall–Kier alpha value is -2.20. The molecule has 0 bridgehead atoms. The first-order valence-electron chi connectivity index (χ1n) is 6.79. The van der Waals surface area contributed by atoms with Crippen LogP contribution in [0.2, 0.25) is 0 Å². The van der Waals surface area contributed by atoms with Crippen LogP contribution in [0.1, 0.15) is 20.9 Å². The molecule has 0 saturated carbocycles. The van der Waals surface area contributed by atoms with Crippen LogP contribution in [0.5, 0.6) is 0 Å². The van der Waals surface area contributed by atoms with E-state index in [0.29, 0.717) is 12.2 Å². The molecule has 1 amide bonds. The SMILES string of the molecule is Cc1ccsc1CN(C)C(=O)c1ccc2ccccc2n1. The topological polar surface area (TPSA) is 33.2 Å². The predicted molar refractivity (Wildman–Crippen MR) is 86.6 cm³/mol. The highest BCUT2D eigenvalue weighted by Gasteiger charge is 2.15. The van der Waals surface area contributed by atoms with Crippen molar-refractivity contribution >= 4 is 28.1 Å². The van der Waals surface area contributed by atoms with Crippen molar-refractivity contribution in [2.45, 2.75) is 13.5 Å². The van der Waals surface area contributed by atoms with E-state index in [2.05, 4.69) is 23.4 Å². The maximum absolute atomic E-state index is 12.5. The van der Waals surface area contributed by atoms with Crippen LogP contribution in [0.25, 0.3) is 10.9 Å². The molecule has 3 aromatic rings. The van der Waals surface area contributed by atoms with Crippen LogP contribution in [-0.4, -0.2) is 22.8 Å². The van der Waals surface area contributed by atoms with Crippen LogP contribution in [0.15, 0.2) is 47.8 Å². The summed E-state index contributed by atoms with van der Waals surface area (Å²) in [6, 6.07) is 13.6. The molecule has 0 unspecified atom stereocenters. The summed E-state index contributed by atoms with van der Waals surface area (Å²) in [6.07, 6.45) is 0. The predicted octanol–water partition coefficient (Wildman–Crippen LogP) is 3.88. The second-order valence-corrected chi connectivity index (χ2v) is 6.08. The van der Waals surface area contributed by atoms with Crippen molar-refractivity contribution in [1.82, 2.24) is 9.88 Å². The molecule has 0 spiro atoms. The average molecular weight is 296 g/mol. The second kappa shape index (κ2) is 5.66. The summed E-state index contributed by atoms with van der Waals surface area (Å²) in [6.45, 7) is 2.69. The summed E-state index contributed by atoms with van der Waals surface area (Å²) >= 11 is 1.68. The second-order valence-electron chi connectivity index (χ2n) is 5.08. The number of carbonyl (C=O) groups excluding carboxylic acids is 1. The van der Waals surface area contributed by atoms with Gasteiger partial charge in [0.2, 0.25) is 0 Å². The number of benzene rings is 1. The van der Waals surface area contributed by atoms with Gasteiger partial charge < -0.3 is 4.90 Å². The molecule has 106 valence electrons. The van der Waals surface area contributed by atoms with Gasteiger partial charge in [0.05, 0.1) is 12.1 Å². The van der Waals surface area contributed by atoms with Crippen molar-refractivity contribution in [3.63, 3.8) is 0 Å². The zero-order valence-corrected chi connectivity index (χ0v) is 12.9. The fraction of sp³-hybridized carbons (Fsp3) is 0.176. The van der Waals surface area contributed by atoms with E-state index in [4.69, 9.17) is 0 Å². The number of pyridine rings is 1. The Balaban J connectivity index is 1.84. The lowest BCUT2D eigenvalue weighted by Crippen LogP contribution is -2.26. The largest absolute Gasteiger partial charge is 0.335 e. The fourth-order valence-electron chi connectivity index (χ4n) is 2.23. The molecule has 0 atom stereocenters. The van der Waals surface area contributed by atoms with Crippen molar-refractivity contribution in [2.24, 2.45) is 0 Å². The Morgan fingerprint density at radius 1 is 1.19 bits per heavy atom. The lowest BCUT2D eigenvalue weighted by Gasteiger charge is -2.16. The highest BCUT2D eigenvalue weighted by Crippen LogP contribution is 2.19. The zero-order valence-electron chi connectivity index (χ0n) is 12.0. The first kappa shape index (κ1) is 13.8. The molecule has 2 aromatic heterocycles. The molecule has 2 heterocycles. The van der Waals surface area contributed by atoms with Gasteiger partial charge in [-0.1, -0.05) is 24.3 Å². The van der Waals surface area contributed by atoms with E-state index in [1.807, 2.05) is 37.4 Å². The normalized spacial score (nSPS) is 10.8. The Bertz CT molecular complexity index is 794. The zero-order chi connectivity index (χ0) is 14.8. The first-order chi connectivity index (χ1) is 10.1. The Labute approximate surface area is 127 Å². The van der Waals surface area contributed by atoms with E-state index in [1.54, 1.807) is 22.3 Å². The summed E-state index contributed by atoms with van der Waals surface area (Å²) in [5.74, 6) is -0.0476. The minimum absolute atomic E-state index is 0.0476. The molecule has 0 aliphatic rings. The third kappa shape index (κ3) is 2.81. The number of para-hydroxylation sites is 1. The molecule has 3 nitrogen and oxygen atoms in total. The van der Waals surface area contributed by atoms with Gasteiger partial charge in [-0.3, -0.25) is 4.79 Å². The molecule has 4 heteroatoms. The number of hydrogen-bond acceptors (Lipinski definition) is 3. The van der Waals surface area contributed by atoms with E-state index in [0.717, 1.165) is 10.9 Å². The molecule has 1 aromatic carbocycles. The quantitative estimate of drug-likeness (QED) is 0.735. The molecule has 0 aliphatic carbocycles. The highest BCUT2D eigenvalue weighted by atomic mass is 32.1. The maximum Gasteiger partial charge on any atom is 0.272 e. The average Bonchev–Trinajstić information content (AvgIpc) is 2.91. The van der Waals surface area contributed by atoms with Crippen LogP contribution >= 0.6 is 11.3 Å². The molecule has 0 radical (unpaired) electrons. The lowest BCUT2D eigenvalue weighted by atomic mass is 10.2. The molecule has 0 saturated heterocycles. The Morgan fingerprint density at radius 3 is 2.76 bits per heavy atom. The van der Waals surface area contributed by atoms with Gasteiger partial charge >= 0.3 is 0 Å². The van der Waals surface area contributed by atoms with Crippen LogP contribution in [0, 0.1) is 6.92 Å². The number of hydrogen-bond donors (Lipinski definition) is 0. The van der Waals surface area contributed by atoms with Gasteiger partial charge in [-0.05, 0) is 36.1 Å². The highest BCUT2D eigenvalue weighted by molar-refractivity contribution is 7.10. The van der Waals surface area contributed by atoms with Gasteiger partial charge in [-0.25, -0.2) is 4.98 Å². The smallest absolute Gasteiger partial charge is 0.272 e. The van der Waals surface area contributed by atoms with E-state index in [9.17, 15) is 4.79 Å². The maximum atomic E-state index is 12.5. The standard InChI is InChI=1S/C17H16N2OS/c1-12-9-10-21-16(12)11-19(2)17(20)15-8-7-13-5-3-4-6-14(13)18-15/h3-10H,11H2,1-2H3. The van der Waals surface area contributed by atoms with E-state index >= 15 is 0 Å². The van der Waals surface area contributed by atoms with Gasteiger partial charge in [0.1, 0.15) is 5.69 Å². The van der Waals surface area contributed by atoms with Crippen molar-refractivity contribution in [2.75, 3.05) is 7.05 Å². The van der Waals surface area contributed by atoms with Crippen LogP contribution in [0.3, 0.4) is 0 Å².